The van der Waals surface area contributed by atoms with Crippen molar-refractivity contribution >= 4 is 16.0 Å². The molecule has 0 unspecified atom stereocenters. The van der Waals surface area contributed by atoms with Crippen molar-refractivity contribution in [3.05, 3.63) is 54.1 Å². The summed E-state index contributed by atoms with van der Waals surface area (Å²) in [5, 5.41) is 11.4. The molecule has 2 aromatic rings. The molecule has 1 atom stereocenters. The topological polar surface area (TPSA) is 105 Å². The van der Waals surface area contributed by atoms with Crippen LogP contribution in [0.25, 0.3) is 0 Å². The van der Waals surface area contributed by atoms with Gasteiger partial charge in [0.15, 0.2) is 0 Å². The number of methoxy groups -OCH3 is 2. The Labute approximate surface area is 146 Å². The van der Waals surface area contributed by atoms with Crippen molar-refractivity contribution in [3.8, 4) is 11.5 Å². The molecule has 0 radical (unpaired) electrons. The maximum Gasteiger partial charge on any atom is 0.245 e. The van der Waals surface area contributed by atoms with Gasteiger partial charge in [0, 0.05) is 6.07 Å². The second kappa shape index (κ2) is 8.00. The minimum atomic E-state index is -4.18. The number of carboxylic acids is 1. The molecule has 0 aliphatic heterocycles. The van der Waals surface area contributed by atoms with Crippen molar-refractivity contribution in [2.75, 3.05) is 14.2 Å². The summed E-state index contributed by atoms with van der Waals surface area (Å²) in [7, 11) is -1.46. The van der Waals surface area contributed by atoms with Crippen LogP contribution in [0.1, 0.15) is 5.56 Å². The SMILES string of the molecule is COc1ccc(OC)c(S(=O)(=O)N[C@H](Cc2ccccc2)C(=O)[O-])c1. The number of hydrogen-bond donors (Lipinski definition) is 1. The van der Waals surface area contributed by atoms with Gasteiger partial charge in [-0.3, -0.25) is 0 Å². The van der Waals surface area contributed by atoms with Crippen molar-refractivity contribution in [2.24, 2.45) is 0 Å². The fourth-order valence-electron chi connectivity index (χ4n) is 2.27. The second-order valence-corrected chi connectivity index (χ2v) is 6.88. The highest BCUT2D eigenvalue weighted by atomic mass is 32.2. The van der Waals surface area contributed by atoms with E-state index >= 15 is 0 Å². The Morgan fingerprint density at radius 1 is 1.12 bits per heavy atom. The van der Waals surface area contributed by atoms with Gasteiger partial charge in [-0.2, -0.15) is 0 Å². The Morgan fingerprint density at radius 2 is 1.80 bits per heavy atom. The lowest BCUT2D eigenvalue weighted by Gasteiger charge is -2.21. The molecule has 0 aliphatic rings. The molecular formula is C17H18NO6S-. The van der Waals surface area contributed by atoms with Gasteiger partial charge in [-0.05, 0) is 24.1 Å². The zero-order valence-electron chi connectivity index (χ0n) is 13.8. The van der Waals surface area contributed by atoms with E-state index in [0.29, 0.717) is 11.3 Å². The number of sulfonamides is 1. The fraction of sp³-hybridized carbons (Fsp3) is 0.235. The minimum absolute atomic E-state index is 0.0469. The van der Waals surface area contributed by atoms with Gasteiger partial charge in [0.05, 0.1) is 26.2 Å². The molecule has 7 nitrogen and oxygen atoms in total. The summed E-state index contributed by atoms with van der Waals surface area (Å²) in [4.78, 5) is 11.2. The number of nitrogens with one attached hydrogen (secondary N) is 1. The van der Waals surface area contributed by atoms with Crippen LogP contribution in [0.2, 0.25) is 0 Å². The lowest BCUT2D eigenvalue weighted by Crippen LogP contribution is -2.49. The molecule has 2 rings (SSSR count). The summed E-state index contributed by atoms with van der Waals surface area (Å²) >= 11 is 0. The number of aliphatic carboxylic acids is 1. The van der Waals surface area contributed by atoms with Gasteiger partial charge in [0.25, 0.3) is 0 Å². The molecule has 0 aromatic heterocycles. The third kappa shape index (κ3) is 4.71. The molecule has 0 saturated carbocycles. The summed E-state index contributed by atoms with van der Waals surface area (Å²) in [6.07, 6.45) is -0.0469. The zero-order valence-corrected chi connectivity index (χ0v) is 14.6. The quantitative estimate of drug-likeness (QED) is 0.724. The number of rotatable bonds is 8. The van der Waals surface area contributed by atoms with Gasteiger partial charge in [-0.25, -0.2) is 13.1 Å². The van der Waals surface area contributed by atoms with Gasteiger partial charge in [-0.15, -0.1) is 0 Å². The second-order valence-electron chi connectivity index (χ2n) is 5.20. The van der Waals surface area contributed by atoms with Crippen LogP contribution in [0.4, 0.5) is 0 Å². The van der Waals surface area contributed by atoms with Crippen molar-refractivity contribution in [2.45, 2.75) is 17.4 Å². The Kier molecular flexibility index (Phi) is 6.00. The molecule has 8 heteroatoms. The summed E-state index contributed by atoms with van der Waals surface area (Å²) in [5.41, 5.74) is 0.664. The highest BCUT2D eigenvalue weighted by molar-refractivity contribution is 7.89. The van der Waals surface area contributed by atoms with E-state index in [1.807, 2.05) is 0 Å². The van der Waals surface area contributed by atoms with Crippen molar-refractivity contribution in [3.63, 3.8) is 0 Å². The largest absolute Gasteiger partial charge is 0.548 e. The van der Waals surface area contributed by atoms with E-state index in [2.05, 4.69) is 4.72 Å². The first-order valence-electron chi connectivity index (χ1n) is 7.36. The molecule has 0 amide bonds. The van der Waals surface area contributed by atoms with Gasteiger partial charge < -0.3 is 19.4 Å². The number of benzene rings is 2. The summed E-state index contributed by atoms with van der Waals surface area (Å²) < 4.78 is 37.5. The van der Waals surface area contributed by atoms with Gasteiger partial charge >= 0.3 is 0 Å². The van der Waals surface area contributed by atoms with Crippen LogP contribution in [-0.2, 0) is 21.2 Å². The molecule has 25 heavy (non-hydrogen) atoms. The molecule has 0 bridgehead atoms. The number of ether oxygens (including phenoxy) is 2. The van der Waals surface area contributed by atoms with E-state index in [1.165, 1.54) is 32.4 Å². The van der Waals surface area contributed by atoms with E-state index < -0.39 is 22.0 Å². The molecular weight excluding hydrogens is 346 g/mol. The minimum Gasteiger partial charge on any atom is -0.548 e. The molecule has 0 heterocycles. The Balaban J connectivity index is 2.33. The first-order chi connectivity index (χ1) is 11.9. The van der Waals surface area contributed by atoms with Crippen LogP contribution < -0.4 is 19.3 Å². The normalized spacial score (nSPS) is 12.4. The fourth-order valence-corrected chi connectivity index (χ4v) is 3.64. The third-order valence-corrected chi connectivity index (χ3v) is 5.02. The van der Waals surface area contributed by atoms with Crippen LogP contribution in [0.3, 0.4) is 0 Å². The average Bonchev–Trinajstić information content (AvgIpc) is 2.61. The molecule has 1 N–H and O–H groups in total. The summed E-state index contributed by atoms with van der Waals surface area (Å²) in [5.74, 6) is -1.14. The van der Waals surface area contributed by atoms with Gasteiger partial charge in [0.1, 0.15) is 16.4 Å². The van der Waals surface area contributed by atoms with E-state index in [9.17, 15) is 18.3 Å². The molecule has 0 aliphatic carbocycles. The van der Waals surface area contributed by atoms with Gasteiger partial charge in [-0.1, -0.05) is 30.3 Å². The first-order valence-corrected chi connectivity index (χ1v) is 8.85. The zero-order chi connectivity index (χ0) is 18.4. The van der Waals surface area contributed by atoms with Crippen molar-refractivity contribution < 1.29 is 27.8 Å². The van der Waals surface area contributed by atoms with Crippen LogP contribution in [0.5, 0.6) is 11.5 Å². The van der Waals surface area contributed by atoms with Crippen LogP contribution >= 0.6 is 0 Å². The smallest absolute Gasteiger partial charge is 0.245 e. The van der Waals surface area contributed by atoms with E-state index in [0.717, 1.165) is 0 Å². The van der Waals surface area contributed by atoms with E-state index in [1.54, 1.807) is 30.3 Å². The lowest BCUT2D eigenvalue weighted by atomic mass is 10.1. The molecule has 0 fully saturated rings. The van der Waals surface area contributed by atoms with Crippen molar-refractivity contribution in [1.82, 2.24) is 4.72 Å². The van der Waals surface area contributed by atoms with Crippen LogP contribution in [0, 0.1) is 0 Å². The number of carbonyl (C=O) groups is 1. The predicted molar refractivity (Wildman–Crippen MR) is 88.8 cm³/mol. The molecule has 0 saturated heterocycles. The number of carboxylic acid groups (broad SMARTS) is 1. The number of carbonyl (C=O) groups excluding carboxylic acids is 1. The van der Waals surface area contributed by atoms with E-state index in [-0.39, 0.29) is 17.1 Å². The van der Waals surface area contributed by atoms with Crippen LogP contribution in [0.15, 0.2) is 53.4 Å². The lowest BCUT2D eigenvalue weighted by molar-refractivity contribution is -0.307. The number of hydrogen-bond acceptors (Lipinski definition) is 6. The first kappa shape index (κ1) is 18.8. The Morgan fingerprint density at radius 3 is 2.36 bits per heavy atom. The maximum absolute atomic E-state index is 12.6. The standard InChI is InChI=1S/C17H19NO6S/c1-23-13-8-9-15(24-2)16(11-13)25(21,22)18-14(17(19)20)10-12-6-4-3-5-7-12/h3-9,11,14,18H,10H2,1-2H3,(H,19,20)/p-1/t14-/m1/s1. The van der Waals surface area contributed by atoms with Crippen molar-refractivity contribution in [1.29, 1.82) is 0 Å². The molecule has 0 spiro atoms. The summed E-state index contributed by atoms with van der Waals surface area (Å²) in [6, 6.07) is 11.5. The summed E-state index contributed by atoms with van der Waals surface area (Å²) in [6.45, 7) is 0. The average molecular weight is 364 g/mol. The van der Waals surface area contributed by atoms with E-state index in [4.69, 9.17) is 9.47 Å². The van der Waals surface area contributed by atoms with Crippen LogP contribution in [-0.4, -0.2) is 34.6 Å². The molecule has 2 aromatic carbocycles. The third-order valence-electron chi connectivity index (χ3n) is 3.52. The molecule has 134 valence electrons. The maximum atomic E-state index is 12.6. The van der Waals surface area contributed by atoms with Gasteiger partial charge in [0.2, 0.25) is 10.0 Å². The monoisotopic (exact) mass is 364 g/mol. The Bertz CT molecular complexity index is 835. The Hall–Kier alpha value is -2.58. The highest BCUT2D eigenvalue weighted by Gasteiger charge is 2.25. The predicted octanol–water partition coefficient (Wildman–Crippen LogP) is 0.343. The highest BCUT2D eigenvalue weighted by Crippen LogP contribution is 2.28.